The fraction of sp³-hybridized carbons (Fsp3) is 0.400. The molecule has 3 amide bonds. The molecule has 1 saturated carbocycles. The van der Waals surface area contributed by atoms with Crippen LogP contribution in [0, 0.1) is 12.7 Å². The summed E-state index contributed by atoms with van der Waals surface area (Å²) in [5, 5.41) is 4.95. The lowest BCUT2D eigenvalue weighted by Crippen LogP contribution is -2.51. The number of alkyl halides is 2. The number of halogens is 3. The summed E-state index contributed by atoms with van der Waals surface area (Å²) in [6, 6.07) is 9.83. The van der Waals surface area contributed by atoms with Gasteiger partial charge in [-0.1, -0.05) is 30.3 Å². The van der Waals surface area contributed by atoms with Crippen LogP contribution in [0.5, 0.6) is 0 Å². The van der Waals surface area contributed by atoms with Crippen LogP contribution in [0.1, 0.15) is 42.9 Å². The van der Waals surface area contributed by atoms with E-state index >= 15 is 0 Å². The van der Waals surface area contributed by atoms with Gasteiger partial charge in [-0.3, -0.25) is 14.5 Å². The fourth-order valence-electron chi connectivity index (χ4n) is 4.23. The lowest BCUT2D eigenvalue weighted by molar-refractivity contribution is -0.128. The van der Waals surface area contributed by atoms with Crippen molar-refractivity contribution in [3.05, 3.63) is 65.5 Å². The number of amides is 3. The van der Waals surface area contributed by atoms with Crippen LogP contribution in [0.3, 0.4) is 0 Å². The van der Waals surface area contributed by atoms with Gasteiger partial charge in [-0.15, -0.1) is 0 Å². The molecule has 2 atom stereocenters. The van der Waals surface area contributed by atoms with E-state index in [1.807, 2.05) is 0 Å². The molecular weight excluding hydrogens is 463 g/mol. The standard InChI is InChI=1S/C25H28F3N3O4/c1-16-7-3-4-11-20(16)22(23(33)30-18-9-6-12-25(27,28)14-18)31(19-10-5-8-17(26)13-19)21(32)15-29-24(34)35-2/h3-5,7-8,10-11,13,18,22H,6,9,12,14-15H2,1-2H3,(H,29,34)(H,30,33). The lowest BCUT2D eigenvalue weighted by atomic mass is 9.91. The number of alkyl carbamates (subject to hydrolysis) is 1. The van der Waals surface area contributed by atoms with Crippen molar-refractivity contribution in [2.24, 2.45) is 0 Å². The summed E-state index contributed by atoms with van der Waals surface area (Å²) in [6.07, 6.45) is -0.980. The summed E-state index contributed by atoms with van der Waals surface area (Å²) in [7, 11) is 1.13. The molecule has 2 aromatic carbocycles. The third-order valence-electron chi connectivity index (χ3n) is 5.90. The zero-order chi connectivity index (χ0) is 25.6. The number of rotatable bonds is 7. The minimum Gasteiger partial charge on any atom is -0.453 e. The maximum absolute atomic E-state index is 14.2. The second-order valence-electron chi connectivity index (χ2n) is 8.51. The van der Waals surface area contributed by atoms with Gasteiger partial charge in [0.05, 0.1) is 7.11 Å². The molecule has 0 aromatic heterocycles. The minimum atomic E-state index is -2.89. The van der Waals surface area contributed by atoms with Gasteiger partial charge in [0.2, 0.25) is 17.7 Å². The fourth-order valence-corrected chi connectivity index (χ4v) is 4.23. The molecule has 188 valence electrons. The second kappa shape index (κ2) is 11.2. The Morgan fingerprint density at radius 1 is 1.17 bits per heavy atom. The van der Waals surface area contributed by atoms with Crippen molar-refractivity contribution >= 4 is 23.6 Å². The molecule has 0 bridgehead atoms. The van der Waals surface area contributed by atoms with E-state index in [2.05, 4.69) is 15.4 Å². The smallest absolute Gasteiger partial charge is 0.407 e. The third-order valence-corrected chi connectivity index (χ3v) is 5.90. The zero-order valence-electron chi connectivity index (χ0n) is 19.5. The largest absolute Gasteiger partial charge is 0.453 e. The summed E-state index contributed by atoms with van der Waals surface area (Å²) in [4.78, 5) is 39.6. The molecule has 35 heavy (non-hydrogen) atoms. The Morgan fingerprint density at radius 3 is 2.57 bits per heavy atom. The van der Waals surface area contributed by atoms with E-state index in [4.69, 9.17) is 0 Å². The zero-order valence-corrected chi connectivity index (χ0v) is 19.5. The van der Waals surface area contributed by atoms with Crippen molar-refractivity contribution < 1.29 is 32.3 Å². The number of hydrogen-bond donors (Lipinski definition) is 2. The SMILES string of the molecule is COC(=O)NCC(=O)N(c1cccc(F)c1)C(C(=O)NC1CCCC(F)(F)C1)c1ccccc1C. The van der Waals surface area contributed by atoms with E-state index in [1.165, 1.54) is 18.2 Å². The molecule has 0 heterocycles. The maximum Gasteiger partial charge on any atom is 0.407 e. The third kappa shape index (κ3) is 6.74. The number of nitrogens with one attached hydrogen (secondary N) is 2. The van der Waals surface area contributed by atoms with E-state index in [1.54, 1.807) is 31.2 Å². The molecular formula is C25H28F3N3O4. The first-order chi connectivity index (χ1) is 16.6. The first kappa shape index (κ1) is 26.1. The average molecular weight is 492 g/mol. The molecule has 7 nitrogen and oxygen atoms in total. The van der Waals surface area contributed by atoms with Gasteiger partial charge in [0.15, 0.2) is 0 Å². The van der Waals surface area contributed by atoms with Gasteiger partial charge in [0.25, 0.3) is 0 Å². The number of benzene rings is 2. The van der Waals surface area contributed by atoms with Crippen molar-refractivity contribution in [3.8, 4) is 0 Å². The minimum absolute atomic E-state index is 0.0686. The average Bonchev–Trinajstić information content (AvgIpc) is 2.80. The van der Waals surface area contributed by atoms with Gasteiger partial charge >= 0.3 is 6.09 Å². The van der Waals surface area contributed by atoms with Crippen molar-refractivity contribution in [2.75, 3.05) is 18.6 Å². The van der Waals surface area contributed by atoms with E-state index < -0.39 is 54.7 Å². The van der Waals surface area contributed by atoms with Crippen LogP contribution in [-0.2, 0) is 14.3 Å². The van der Waals surface area contributed by atoms with Gasteiger partial charge in [0, 0.05) is 24.6 Å². The van der Waals surface area contributed by atoms with Crippen LogP contribution >= 0.6 is 0 Å². The molecule has 2 unspecified atom stereocenters. The van der Waals surface area contributed by atoms with E-state index in [9.17, 15) is 27.6 Å². The lowest BCUT2D eigenvalue weighted by Gasteiger charge is -2.35. The van der Waals surface area contributed by atoms with Crippen molar-refractivity contribution in [1.82, 2.24) is 10.6 Å². The van der Waals surface area contributed by atoms with E-state index in [0.717, 1.165) is 18.1 Å². The van der Waals surface area contributed by atoms with Crippen LogP contribution in [0.15, 0.2) is 48.5 Å². The first-order valence-corrected chi connectivity index (χ1v) is 11.2. The van der Waals surface area contributed by atoms with Crippen LogP contribution in [0.2, 0.25) is 0 Å². The second-order valence-corrected chi connectivity index (χ2v) is 8.51. The summed E-state index contributed by atoms with van der Waals surface area (Å²) in [5.41, 5.74) is 1.17. The van der Waals surface area contributed by atoms with Crippen molar-refractivity contribution in [3.63, 3.8) is 0 Å². The normalized spacial score (nSPS) is 17.7. The number of methoxy groups -OCH3 is 1. The number of hydrogen-bond acceptors (Lipinski definition) is 4. The number of anilines is 1. The van der Waals surface area contributed by atoms with Gasteiger partial charge in [0.1, 0.15) is 18.4 Å². The maximum atomic E-state index is 14.2. The summed E-state index contributed by atoms with van der Waals surface area (Å²) >= 11 is 0. The Labute approximate surface area is 201 Å². The van der Waals surface area contributed by atoms with Gasteiger partial charge in [-0.05, 0) is 49.1 Å². The topological polar surface area (TPSA) is 87.7 Å². The van der Waals surface area contributed by atoms with Gasteiger partial charge in [-0.2, -0.15) is 0 Å². The molecule has 0 aliphatic heterocycles. The Morgan fingerprint density at radius 2 is 1.91 bits per heavy atom. The molecule has 1 aliphatic rings. The number of nitrogens with zero attached hydrogens (tertiary/aromatic N) is 1. The number of ether oxygens (including phenoxy) is 1. The number of carbonyl (C=O) groups excluding carboxylic acids is 3. The summed E-state index contributed by atoms with van der Waals surface area (Å²) < 4.78 is 46.6. The molecule has 2 aromatic rings. The Bertz CT molecular complexity index is 1080. The molecule has 1 aliphatic carbocycles. The molecule has 0 saturated heterocycles. The predicted octanol–water partition coefficient (Wildman–Crippen LogP) is 4.26. The van der Waals surface area contributed by atoms with Crippen LogP contribution in [0.25, 0.3) is 0 Å². The molecule has 2 N–H and O–H groups in total. The Hall–Kier alpha value is -3.56. The monoisotopic (exact) mass is 491 g/mol. The molecule has 1 fully saturated rings. The summed E-state index contributed by atoms with van der Waals surface area (Å²) in [5.74, 6) is -4.94. The molecule has 0 spiro atoms. The highest BCUT2D eigenvalue weighted by atomic mass is 19.3. The molecule has 0 radical (unpaired) electrons. The van der Waals surface area contributed by atoms with Crippen LogP contribution < -0.4 is 15.5 Å². The summed E-state index contributed by atoms with van der Waals surface area (Å²) in [6.45, 7) is 1.20. The van der Waals surface area contributed by atoms with Crippen molar-refractivity contribution in [2.45, 2.75) is 50.6 Å². The van der Waals surface area contributed by atoms with E-state index in [-0.39, 0.29) is 18.5 Å². The van der Waals surface area contributed by atoms with Gasteiger partial charge < -0.3 is 15.4 Å². The van der Waals surface area contributed by atoms with E-state index in [0.29, 0.717) is 17.5 Å². The van der Waals surface area contributed by atoms with Crippen molar-refractivity contribution in [1.29, 1.82) is 0 Å². The highest BCUT2D eigenvalue weighted by Crippen LogP contribution is 2.35. The van der Waals surface area contributed by atoms with Crippen LogP contribution in [0.4, 0.5) is 23.7 Å². The predicted molar refractivity (Wildman–Crippen MR) is 124 cm³/mol. The van der Waals surface area contributed by atoms with Crippen LogP contribution in [-0.4, -0.2) is 43.5 Å². The number of aryl methyl sites for hydroxylation is 1. The first-order valence-electron chi connectivity index (χ1n) is 11.2. The van der Waals surface area contributed by atoms with Gasteiger partial charge in [-0.25, -0.2) is 18.0 Å². The Kier molecular flexibility index (Phi) is 8.37. The quantitative estimate of drug-likeness (QED) is 0.606. The molecule has 10 heteroatoms. The highest BCUT2D eigenvalue weighted by molar-refractivity contribution is 6.03. The Balaban J connectivity index is 2.03. The highest BCUT2D eigenvalue weighted by Gasteiger charge is 2.39. The molecule has 3 rings (SSSR count). The number of carbonyl (C=O) groups is 3.